The number of nitrogens with zero attached hydrogens (tertiary/aromatic N) is 4. The Balaban J connectivity index is 1.36. The van der Waals surface area contributed by atoms with Gasteiger partial charge in [0.15, 0.2) is 6.61 Å². The Morgan fingerprint density at radius 2 is 1.93 bits per heavy atom. The SMILES string of the molecule is O=C(OCc1noc(-c2ccccc2Cl)n1)c1ccc(Cn2cccn2)cc1. The number of hydrogen-bond donors (Lipinski definition) is 0. The number of carbonyl (C=O) groups is 1. The number of aromatic nitrogens is 4. The Morgan fingerprint density at radius 1 is 1.11 bits per heavy atom. The van der Waals surface area contributed by atoms with Crippen LogP contribution in [-0.4, -0.2) is 25.9 Å². The summed E-state index contributed by atoms with van der Waals surface area (Å²) in [7, 11) is 0. The lowest BCUT2D eigenvalue weighted by atomic mass is 10.1. The van der Waals surface area contributed by atoms with Crippen LogP contribution in [0.1, 0.15) is 21.7 Å². The van der Waals surface area contributed by atoms with Crippen LogP contribution in [0.5, 0.6) is 0 Å². The molecule has 0 N–H and O–H groups in total. The highest BCUT2D eigenvalue weighted by Crippen LogP contribution is 2.25. The molecule has 2 aromatic carbocycles. The molecule has 2 aromatic heterocycles. The Labute approximate surface area is 165 Å². The minimum atomic E-state index is -0.463. The molecule has 4 aromatic rings. The average Bonchev–Trinajstić information content (AvgIpc) is 3.39. The van der Waals surface area contributed by atoms with Gasteiger partial charge in [-0.3, -0.25) is 4.68 Å². The van der Waals surface area contributed by atoms with Crippen molar-refractivity contribution < 1.29 is 14.1 Å². The van der Waals surface area contributed by atoms with Crippen molar-refractivity contribution in [2.75, 3.05) is 0 Å². The first-order chi connectivity index (χ1) is 13.7. The largest absolute Gasteiger partial charge is 0.454 e. The maximum atomic E-state index is 12.2. The van der Waals surface area contributed by atoms with Gasteiger partial charge < -0.3 is 9.26 Å². The fourth-order valence-electron chi connectivity index (χ4n) is 2.60. The first-order valence-electron chi connectivity index (χ1n) is 8.50. The molecule has 0 aliphatic heterocycles. The summed E-state index contributed by atoms with van der Waals surface area (Å²) in [5.74, 6) is 0.0768. The minimum Gasteiger partial charge on any atom is -0.454 e. The van der Waals surface area contributed by atoms with Gasteiger partial charge in [-0.1, -0.05) is 41.0 Å². The molecule has 0 atom stereocenters. The highest BCUT2D eigenvalue weighted by atomic mass is 35.5. The lowest BCUT2D eigenvalue weighted by molar-refractivity contribution is 0.0459. The van der Waals surface area contributed by atoms with Crippen molar-refractivity contribution in [3.63, 3.8) is 0 Å². The third-order valence-corrected chi connectivity index (χ3v) is 4.33. The molecular weight excluding hydrogens is 380 g/mol. The summed E-state index contributed by atoms with van der Waals surface area (Å²) in [6, 6.07) is 16.2. The number of benzene rings is 2. The molecule has 0 radical (unpaired) electrons. The smallest absolute Gasteiger partial charge is 0.338 e. The Morgan fingerprint density at radius 3 is 2.68 bits per heavy atom. The maximum absolute atomic E-state index is 12.2. The fourth-order valence-corrected chi connectivity index (χ4v) is 2.81. The first-order valence-corrected chi connectivity index (χ1v) is 8.88. The molecule has 2 heterocycles. The van der Waals surface area contributed by atoms with Gasteiger partial charge >= 0.3 is 5.97 Å². The molecule has 0 spiro atoms. The summed E-state index contributed by atoms with van der Waals surface area (Å²) in [5, 5.41) is 8.48. The zero-order valence-corrected chi connectivity index (χ0v) is 15.4. The van der Waals surface area contributed by atoms with Gasteiger partial charge in [-0.2, -0.15) is 10.1 Å². The van der Waals surface area contributed by atoms with Crippen LogP contribution in [0.4, 0.5) is 0 Å². The molecular formula is C20H15ClN4O3. The number of rotatable bonds is 6. The highest BCUT2D eigenvalue weighted by Gasteiger charge is 2.14. The van der Waals surface area contributed by atoms with Gasteiger partial charge in [0.1, 0.15) is 0 Å². The summed E-state index contributed by atoms with van der Waals surface area (Å²) in [6.07, 6.45) is 3.60. The number of halogens is 1. The lowest BCUT2D eigenvalue weighted by Gasteiger charge is -2.05. The maximum Gasteiger partial charge on any atom is 0.338 e. The topological polar surface area (TPSA) is 83.0 Å². The molecule has 0 aliphatic rings. The van der Waals surface area contributed by atoms with Gasteiger partial charge in [0.05, 0.1) is 22.7 Å². The summed E-state index contributed by atoms with van der Waals surface area (Å²) >= 11 is 6.11. The molecule has 8 heteroatoms. The van der Waals surface area contributed by atoms with E-state index in [1.165, 1.54) is 0 Å². The molecule has 0 saturated heterocycles. The first kappa shape index (κ1) is 17.9. The predicted octanol–water partition coefficient (Wildman–Crippen LogP) is 3.99. The third-order valence-electron chi connectivity index (χ3n) is 4.00. The van der Waals surface area contributed by atoms with E-state index in [4.69, 9.17) is 20.9 Å². The van der Waals surface area contributed by atoms with Gasteiger partial charge in [-0.05, 0) is 35.9 Å². The van der Waals surface area contributed by atoms with Crippen molar-refractivity contribution in [2.24, 2.45) is 0 Å². The monoisotopic (exact) mass is 394 g/mol. The zero-order valence-electron chi connectivity index (χ0n) is 14.7. The van der Waals surface area contributed by atoms with Crippen LogP contribution in [-0.2, 0) is 17.9 Å². The molecule has 0 saturated carbocycles. The third kappa shape index (κ3) is 4.10. The van der Waals surface area contributed by atoms with Gasteiger partial charge in [-0.15, -0.1) is 0 Å². The van der Waals surface area contributed by atoms with E-state index in [1.54, 1.807) is 35.1 Å². The Hall–Kier alpha value is -3.45. The van der Waals surface area contributed by atoms with E-state index in [2.05, 4.69) is 15.2 Å². The zero-order chi connectivity index (χ0) is 19.3. The van der Waals surface area contributed by atoms with Crippen LogP contribution >= 0.6 is 11.6 Å². The molecule has 0 fully saturated rings. The second-order valence-corrected chi connectivity index (χ2v) is 6.38. The molecule has 140 valence electrons. The van der Waals surface area contributed by atoms with Gasteiger partial charge in [0.25, 0.3) is 5.89 Å². The van der Waals surface area contributed by atoms with Crippen LogP contribution in [0, 0.1) is 0 Å². The van der Waals surface area contributed by atoms with Crippen molar-refractivity contribution in [3.8, 4) is 11.5 Å². The summed E-state index contributed by atoms with van der Waals surface area (Å²) in [5.41, 5.74) is 2.10. The van der Waals surface area contributed by atoms with E-state index in [9.17, 15) is 4.79 Å². The second kappa shape index (κ2) is 8.06. The average molecular weight is 395 g/mol. The van der Waals surface area contributed by atoms with Crippen molar-refractivity contribution >= 4 is 17.6 Å². The van der Waals surface area contributed by atoms with Crippen LogP contribution in [0.2, 0.25) is 5.02 Å². The molecule has 0 aliphatic carbocycles. The molecule has 7 nitrogen and oxygen atoms in total. The van der Waals surface area contributed by atoms with Gasteiger partial charge in [0.2, 0.25) is 5.82 Å². The number of hydrogen-bond acceptors (Lipinski definition) is 6. The van der Waals surface area contributed by atoms with Crippen LogP contribution in [0.3, 0.4) is 0 Å². The second-order valence-electron chi connectivity index (χ2n) is 5.97. The van der Waals surface area contributed by atoms with E-state index < -0.39 is 5.97 Å². The standard InChI is InChI=1S/C20H15ClN4O3/c21-17-5-2-1-4-16(17)19-23-18(24-28-19)13-27-20(26)15-8-6-14(7-9-15)12-25-11-3-10-22-25/h1-11H,12-13H2. The molecule has 0 unspecified atom stereocenters. The van der Waals surface area contributed by atoms with E-state index in [0.29, 0.717) is 22.7 Å². The molecule has 28 heavy (non-hydrogen) atoms. The molecule has 4 rings (SSSR count). The van der Waals surface area contributed by atoms with Crippen molar-refractivity contribution in [3.05, 3.63) is 89.0 Å². The van der Waals surface area contributed by atoms with E-state index >= 15 is 0 Å². The lowest BCUT2D eigenvalue weighted by Crippen LogP contribution is -2.07. The van der Waals surface area contributed by atoms with E-state index in [0.717, 1.165) is 5.56 Å². The van der Waals surface area contributed by atoms with E-state index in [1.807, 2.05) is 36.5 Å². The number of esters is 1. The predicted molar refractivity (Wildman–Crippen MR) is 102 cm³/mol. The van der Waals surface area contributed by atoms with Crippen molar-refractivity contribution in [1.82, 2.24) is 19.9 Å². The van der Waals surface area contributed by atoms with Crippen LogP contribution < -0.4 is 0 Å². The summed E-state index contributed by atoms with van der Waals surface area (Å²) in [6.45, 7) is 0.540. The van der Waals surface area contributed by atoms with Crippen molar-refractivity contribution in [2.45, 2.75) is 13.2 Å². The van der Waals surface area contributed by atoms with Gasteiger partial charge in [0, 0.05) is 12.4 Å². The highest BCUT2D eigenvalue weighted by molar-refractivity contribution is 6.33. The quantitative estimate of drug-likeness (QED) is 0.460. The van der Waals surface area contributed by atoms with Crippen LogP contribution in [0.15, 0.2) is 71.5 Å². The fraction of sp³-hybridized carbons (Fsp3) is 0.100. The number of ether oxygens (including phenoxy) is 1. The molecule has 0 amide bonds. The summed E-state index contributed by atoms with van der Waals surface area (Å²) < 4.78 is 12.3. The van der Waals surface area contributed by atoms with Gasteiger partial charge in [-0.25, -0.2) is 4.79 Å². The van der Waals surface area contributed by atoms with Crippen molar-refractivity contribution in [1.29, 1.82) is 0 Å². The number of carbonyl (C=O) groups excluding carboxylic acids is 1. The van der Waals surface area contributed by atoms with E-state index in [-0.39, 0.29) is 18.3 Å². The molecule has 0 bridgehead atoms. The minimum absolute atomic E-state index is 0.0954. The summed E-state index contributed by atoms with van der Waals surface area (Å²) in [4.78, 5) is 16.4. The normalized spacial score (nSPS) is 10.8. The Kier molecular flexibility index (Phi) is 5.16. The Bertz CT molecular complexity index is 1080. The van der Waals surface area contributed by atoms with Crippen LogP contribution in [0.25, 0.3) is 11.5 Å².